The summed E-state index contributed by atoms with van der Waals surface area (Å²) < 4.78 is 5.12. The van der Waals surface area contributed by atoms with Gasteiger partial charge in [0.15, 0.2) is 0 Å². The SMILES string of the molecule is C=C1[C@H]2C[C@H]2[C@@]2(C)[C@@H]1CC1=C(C)C(=O)O[C@@]1(O)[C@H]2O. The van der Waals surface area contributed by atoms with Gasteiger partial charge in [0.05, 0.1) is 0 Å². The van der Waals surface area contributed by atoms with Crippen LogP contribution in [0.25, 0.3) is 0 Å². The number of carbonyl (C=O) groups is 1. The standard InChI is InChI=1S/C15H18O4/c1-6-8-4-11(8)14(3)9(6)5-10-7(2)12(16)19-15(10,18)13(14)17/h8-9,11,13,17-18H,1,4-5H2,2-3H3/t8-,9-,11-,13+,14-,15-/m1/s1. The van der Waals surface area contributed by atoms with Gasteiger partial charge in [-0.25, -0.2) is 4.79 Å². The number of hydrogen-bond acceptors (Lipinski definition) is 4. The maximum atomic E-state index is 11.7. The van der Waals surface area contributed by atoms with Crippen LogP contribution in [0.4, 0.5) is 0 Å². The van der Waals surface area contributed by atoms with E-state index in [1.807, 2.05) is 6.92 Å². The zero-order valence-corrected chi connectivity index (χ0v) is 11.1. The van der Waals surface area contributed by atoms with E-state index in [0.29, 0.717) is 29.4 Å². The molecule has 0 aromatic heterocycles. The molecule has 19 heavy (non-hydrogen) atoms. The molecule has 4 nitrogen and oxygen atoms in total. The van der Waals surface area contributed by atoms with Crippen molar-refractivity contribution in [2.75, 3.05) is 0 Å². The van der Waals surface area contributed by atoms with Crippen molar-refractivity contribution in [3.63, 3.8) is 0 Å². The minimum Gasteiger partial charge on any atom is -0.423 e. The van der Waals surface area contributed by atoms with Gasteiger partial charge in [0.1, 0.15) is 6.10 Å². The van der Waals surface area contributed by atoms with Crippen LogP contribution < -0.4 is 0 Å². The molecule has 4 rings (SSSR count). The summed E-state index contributed by atoms with van der Waals surface area (Å²) in [6.07, 6.45) is 0.544. The van der Waals surface area contributed by atoms with Crippen molar-refractivity contribution >= 4 is 5.97 Å². The van der Waals surface area contributed by atoms with Crippen LogP contribution in [0.15, 0.2) is 23.3 Å². The average Bonchev–Trinajstić information content (AvgIpc) is 3.07. The summed E-state index contributed by atoms with van der Waals surface area (Å²) in [6, 6.07) is 0. The van der Waals surface area contributed by atoms with Gasteiger partial charge in [0.25, 0.3) is 5.79 Å². The Morgan fingerprint density at radius 3 is 2.84 bits per heavy atom. The summed E-state index contributed by atoms with van der Waals surface area (Å²) in [6.45, 7) is 7.84. The number of ether oxygens (including phenoxy) is 1. The van der Waals surface area contributed by atoms with Gasteiger partial charge < -0.3 is 14.9 Å². The molecule has 3 fully saturated rings. The fraction of sp³-hybridized carbons (Fsp3) is 0.667. The lowest BCUT2D eigenvalue weighted by molar-refractivity contribution is -0.256. The van der Waals surface area contributed by atoms with Crippen LogP contribution in [0, 0.1) is 23.2 Å². The highest BCUT2D eigenvalue weighted by atomic mass is 16.7. The Morgan fingerprint density at radius 1 is 1.47 bits per heavy atom. The van der Waals surface area contributed by atoms with Crippen molar-refractivity contribution < 1.29 is 19.7 Å². The largest absolute Gasteiger partial charge is 0.423 e. The minimum absolute atomic E-state index is 0.144. The molecule has 6 atom stereocenters. The first-order chi connectivity index (χ1) is 8.81. The highest BCUT2D eigenvalue weighted by molar-refractivity contribution is 5.92. The van der Waals surface area contributed by atoms with Gasteiger partial charge in [-0.2, -0.15) is 0 Å². The molecule has 0 aromatic rings. The number of fused-ring (bicyclic) bond motifs is 4. The first kappa shape index (κ1) is 11.7. The maximum Gasteiger partial charge on any atom is 0.336 e. The zero-order valence-electron chi connectivity index (χ0n) is 11.1. The molecule has 0 spiro atoms. The van der Waals surface area contributed by atoms with E-state index in [9.17, 15) is 15.0 Å². The predicted octanol–water partition coefficient (Wildman–Crippen LogP) is 1.14. The number of allylic oxidation sites excluding steroid dienone is 1. The minimum atomic E-state index is -1.82. The van der Waals surface area contributed by atoms with Crippen molar-refractivity contribution in [3.05, 3.63) is 23.3 Å². The van der Waals surface area contributed by atoms with E-state index < -0.39 is 23.3 Å². The first-order valence-corrected chi connectivity index (χ1v) is 6.84. The highest BCUT2D eigenvalue weighted by Crippen LogP contribution is 2.73. The molecule has 0 radical (unpaired) electrons. The fourth-order valence-corrected chi connectivity index (χ4v) is 4.77. The van der Waals surface area contributed by atoms with Crippen molar-refractivity contribution in [2.45, 2.75) is 38.6 Å². The quantitative estimate of drug-likeness (QED) is 0.507. The summed E-state index contributed by atoms with van der Waals surface area (Å²) in [4.78, 5) is 11.7. The Balaban J connectivity index is 1.88. The monoisotopic (exact) mass is 262 g/mol. The highest BCUT2D eigenvalue weighted by Gasteiger charge is 2.73. The first-order valence-electron chi connectivity index (χ1n) is 6.84. The number of aliphatic hydroxyl groups excluding tert-OH is 1. The van der Waals surface area contributed by atoms with Crippen molar-refractivity contribution in [1.29, 1.82) is 0 Å². The summed E-state index contributed by atoms with van der Waals surface area (Å²) in [5.74, 6) is -1.35. The van der Waals surface area contributed by atoms with Crippen molar-refractivity contribution in [3.8, 4) is 0 Å². The fourth-order valence-electron chi connectivity index (χ4n) is 4.77. The second-order valence-corrected chi connectivity index (χ2v) is 6.74. The van der Waals surface area contributed by atoms with Crippen molar-refractivity contribution in [2.24, 2.45) is 23.2 Å². The maximum absolute atomic E-state index is 11.7. The molecule has 2 N–H and O–H groups in total. The normalized spacial score (nSPS) is 54.7. The number of rotatable bonds is 0. The Labute approximate surface area is 111 Å². The van der Waals surface area contributed by atoms with Gasteiger partial charge in [0.2, 0.25) is 0 Å². The topological polar surface area (TPSA) is 66.8 Å². The van der Waals surface area contributed by atoms with E-state index in [2.05, 4.69) is 6.58 Å². The average molecular weight is 262 g/mol. The number of carbonyl (C=O) groups excluding carboxylic acids is 1. The van der Waals surface area contributed by atoms with E-state index in [1.54, 1.807) is 6.92 Å². The summed E-state index contributed by atoms with van der Waals surface area (Å²) >= 11 is 0. The molecule has 0 saturated heterocycles. The van der Waals surface area contributed by atoms with Gasteiger partial charge in [-0.15, -0.1) is 0 Å². The van der Waals surface area contributed by atoms with Crippen LogP contribution in [0.2, 0.25) is 0 Å². The van der Waals surface area contributed by atoms with Crippen molar-refractivity contribution in [1.82, 2.24) is 0 Å². The van der Waals surface area contributed by atoms with E-state index in [-0.39, 0.29) is 5.92 Å². The number of esters is 1. The van der Waals surface area contributed by atoms with Crippen LogP contribution in [-0.2, 0) is 9.53 Å². The molecule has 3 aliphatic carbocycles. The summed E-state index contributed by atoms with van der Waals surface area (Å²) in [5, 5.41) is 21.4. The van der Waals surface area contributed by atoms with Crippen LogP contribution in [0.3, 0.4) is 0 Å². The van der Waals surface area contributed by atoms with E-state index in [0.717, 1.165) is 6.42 Å². The van der Waals surface area contributed by atoms with Crippen LogP contribution in [0.1, 0.15) is 26.7 Å². The van der Waals surface area contributed by atoms with Crippen LogP contribution >= 0.6 is 0 Å². The molecular formula is C15H18O4. The third-order valence-corrected chi connectivity index (χ3v) is 6.07. The zero-order chi connectivity index (χ0) is 13.7. The molecule has 1 heterocycles. The second-order valence-electron chi connectivity index (χ2n) is 6.74. The molecule has 0 bridgehead atoms. The Kier molecular flexibility index (Phi) is 1.82. The van der Waals surface area contributed by atoms with Gasteiger partial charge >= 0.3 is 5.97 Å². The number of hydrogen-bond donors (Lipinski definition) is 2. The molecule has 0 amide bonds. The predicted molar refractivity (Wildman–Crippen MR) is 66.7 cm³/mol. The van der Waals surface area contributed by atoms with E-state index in [1.165, 1.54) is 5.57 Å². The Morgan fingerprint density at radius 2 is 2.16 bits per heavy atom. The second kappa shape index (κ2) is 2.96. The van der Waals surface area contributed by atoms with Gasteiger partial charge in [0, 0.05) is 16.6 Å². The Hall–Kier alpha value is -1.13. The molecule has 4 heteroatoms. The molecule has 1 aliphatic heterocycles. The number of aliphatic hydroxyl groups is 2. The van der Waals surface area contributed by atoms with Crippen LogP contribution in [0.5, 0.6) is 0 Å². The lowest BCUT2D eigenvalue weighted by Gasteiger charge is -2.49. The molecule has 102 valence electrons. The summed E-state index contributed by atoms with van der Waals surface area (Å²) in [7, 11) is 0. The van der Waals surface area contributed by atoms with Gasteiger partial charge in [-0.1, -0.05) is 19.1 Å². The van der Waals surface area contributed by atoms with E-state index >= 15 is 0 Å². The third kappa shape index (κ3) is 1.04. The molecule has 4 aliphatic rings. The Bertz CT molecular complexity index is 562. The molecular weight excluding hydrogens is 244 g/mol. The smallest absolute Gasteiger partial charge is 0.336 e. The van der Waals surface area contributed by atoms with Gasteiger partial charge in [-0.3, -0.25) is 0 Å². The van der Waals surface area contributed by atoms with Crippen LogP contribution in [-0.4, -0.2) is 28.1 Å². The molecule has 0 aromatic carbocycles. The third-order valence-electron chi connectivity index (χ3n) is 6.07. The van der Waals surface area contributed by atoms with Gasteiger partial charge in [-0.05, 0) is 37.5 Å². The lowest BCUT2D eigenvalue weighted by Crippen LogP contribution is -2.59. The molecule has 0 unspecified atom stereocenters. The van der Waals surface area contributed by atoms with E-state index in [4.69, 9.17) is 4.74 Å². The lowest BCUT2D eigenvalue weighted by atomic mass is 9.60. The summed E-state index contributed by atoms with van der Waals surface area (Å²) in [5.41, 5.74) is 1.74. The molecule has 3 saturated carbocycles.